The molecule has 0 spiro atoms. The van der Waals surface area contributed by atoms with Gasteiger partial charge in [-0.25, -0.2) is 0 Å². The van der Waals surface area contributed by atoms with E-state index >= 15 is 0 Å². The molecule has 0 aliphatic heterocycles. The Kier molecular flexibility index (Phi) is 6.56. The first-order valence-electron chi connectivity index (χ1n) is 6.68. The fourth-order valence-corrected chi connectivity index (χ4v) is 1.90. The van der Waals surface area contributed by atoms with Gasteiger partial charge in [0.2, 0.25) is 5.91 Å². The predicted octanol–water partition coefficient (Wildman–Crippen LogP) is 2.15. The number of nitrogens with zero attached hydrogens (tertiary/aromatic N) is 3. The number of benzene rings is 1. The van der Waals surface area contributed by atoms with Gasteiger partial charge in [0.05, 0.1) is 5.54 Å². The highest BCUT2D eigenvalue weighted by atomic mass is 16.1. The van der Waals surface area contributed by atoms with Crippen LogP contribution in [-0.4, -0.2) is 24.5 Å². The largest absolute Gasteiger partial charge is 0.368 e. The number of rotatable bonds is 9. The van der Waals surface area contributed by atoms with Crippen LogP contribution in [0.15, 0.2) is 35.4 Å². The molecule has 1 aromatic rings. The van der Waals surface area contributed by atoms with E-state index in [9.17, 15) is 4.79 Å². The molecule has 0 saturated heterocycles. The average Bonchev–Trinajstić information content (AvgIpc) is 2.46. The smallest absolute Gasteiger partial charge is 0.237 e. The summed E-state index contributed by atoms with van der Waals surface area (Å²) in [6, 6.07) is 9.98. The maximum absolute atomic E-state index is 11.6. The Morgan fingerprint density at radius 1 is 1.45 bits per heavy atom. The van der Waals surface area contributed by atoms with E-state index in [2.05, 4.69) is 15.3 Å². The highest BCUT2D eigenvalue weighted by Crippen LogP contribution is 2.14. The topological polar surface area (TPSA) is 104 Å². The second-order valence-electron chi connectivity index (χ2n) is 4.92. The first-order valence-corrected chi connectivity index (χ1v) is 6.68. The lowest BCUT2D eigenvalue weighted by atomic mass is 9.92. The van der Waals surface area contributed by atoms with E-state index in [-0.39, 0.29) is 5.91 Å². The summed E-state index contributed by atoms with van der Waals surface area (Å²) in [5, 5.41) is 6.62. The zero-order valence-electron chi connectivity index (χ0n) is 11.7. The first-order chi connectivity index (χ1) is 9.58. The van der Waals surface area contributed by atoms with E-state index in [1.165, 1.54) is 5.56 Å². The molecular formula is C14H21N5O. The summed E-state index contributed by atoms with van der Waals surface area (Å²) in [7, 11) is 0. The van der Waals surface area contributed by atoms with Crippen LogP contribution in [0.1, 0.15) is 25.3 Å². The number of carbonyl (C=O) groups is 1. The molecule has 0 bridgehead atoms. The molecular weight excluding hydrogens is 254 g/mol. The number of amides is 1. The molecule has 1 aromatic carbocycles. The lowest BCUT2D eigenvalue weighted by molar-refractivity contribution is -0.124. The van der Waals surface area contributed by atoms with E-state index < -0.39 is 5.54 Å². The van der Waals surface area contributed by atoms with Crippen molar-refractivity contribution in [2.75, 3.05) is 13.1 Å². The SMILES string of the molecule is CC(CCc1ccccc1)(NCCCN=[N+]=[N-])C(N)=O. The monoisotopic (exact) mass is 275 g/mol. The molecule has 0 heterocycles. The summed E-state index contributed by atoms with van der Waals surface area (Å²) in [6.07, 6.45) is 2.09. The average molecular weight is 275 g/mol. The molecule has 0 radical (unpaired) electrons. The molecule has 0 aliphatic carbocycles. The minimum atomic E-state index is -0.744. The molecule has 1 atom stereocenters. The molecule has 6 nitrogen and oxygen atoms in total. The molecule has 0 saturated carbocycles. The lowest BCUT2D eigenvalue weighted by Gasteiger charge is -2.27. The standard InChI is InChI=1S/C14H21N5O/c1-14(13(15)20,17-10-5-11-18-19-16)9-8-12-6-3-2-4-7-12/h2-4,6-7,17H,5,8-11H2,1H3,(H2,15,20). The van der Waals surface area contributed by atoms with Gasteiger partial charge < -0.3 is 11.1 Å². The van der Waals surface area contributed by atoms with Gasteiger partial charge in [-0.15, -0.1) is 0 Å². The minimum Gasteiger partial charge on any atom is -0.368 e. The number of hydrogen-bond donors (Lipinski definition) is 2. The number of aryl methyl sites for hydroxylation is 1. The Morgan fingerprint density at radius 3 is 2.75 bits per heavy atom. The molecule has 1 amide bonds. The summed E-state index contributed by atoms with van der Waals surface area (Å²) >= 11 is 0. The van der Waals surface area contributed by atoms with Crippen molar-refractivity contribution in [2.45, 2.75) is 31.7 Å². The summed E-state index contributed by atoms with van der Waals surface area (Å²) in [6.45, 7) is 2.82. The van der Waals surface area contributed by atoms with Crippen LogP contribution in [-0.2, 0) is 11.2 Å². The van der Waals surface area contributed by atoms with Crippen molar-refractivity contribution >= 4 is 5.91 Å². The molecule has 3 N–H and O–H groups in total. The van der Waals surface area contributed by atoms with E-state index in [0.717, 1.165) is 6.42 Å². The normalized spacial score (nSPS) is 13.2. The van der Waals surface area contributed by atoms with E-state index in [4.69, 9.17) is 11.3 Å². The van der Waals surface area contributed by atoms with Crippen molar-refractivity contribution in [3.05, 3.63) is 46.3 Å². The Hall–Kier alpha value is -2.04. The quantitative estimate of drug-likeness (QED) is 0.312. The molecule has 108 valence electrons. The first kappa shape index (κ1) is 16.0. The van der Waals surface area contributed by atoms with Gasteiger partial charge in [0, 0.05) is 11.5 Å². The number of nitrogens with one attached hydrogen (secondary N) is 1. The molecule has 20 heavy (non-hydrogen) atoms. The third kappa shape index (κ3) is 5.30. The van der Waals surface area contributed by atoms with Gasteiger partial charge in [-0.1, -0.05) is 35.4 Å². The van der Waals surface area contributed by atoms with Crippen molar-refractivity contribution < 1.29 is 4.79 Å². The van der Waals surface area contributed by atoms with Crippen LogP contribution in [0.3, 0.4) is 0 Å². The molecule has 0 aliphatic rings. The third-order valence-electron chi connectivity index (χ3n) is 3.31. The van der Waals surface area contributed by atoms with Gasteiger partial charge in [-0.3, -0.25) is 4.79 Å². The fourth-order valence-electron chi connectivity index (χ4n) is 1.90. The molecule has 1 rings (SSSR count). The minimum absolute atomic E-state index is 0.364. The second-order valence-corrected chi connectivity index (χ2v) is 4.92. The Bertz CT molecular complexity index is 470. The zero-order chi connectivity index (χ0) is 14.8. The summed E-state index contributed by atoms with van der Waals surface area (Å²) in [4.78, 5) is 14.3. The summed E-state index contributed by atoms with van der Waals surface area (Å²) < 4.78 is 0. The van der Waals surface area contributed by atoms with Gasteiger partial charge in [-0.2, -0.15) is 0 Å². The number of primary amides is 1. The fraction of sp³-hybridized carbons (Fsp3) is 0.500. The van der Waals surface area contributed by atoms with Gasteiger partial charge >= 0.3 is 0 Å². The third-order valence-corrected chi connectivity index (χ3v) is 3.31. The predicted molar refractivity (Wildman–Crippen MR) is 79.0 cm³/mol. The van der Waals surface area contributed by atoms with Crippen molar-refractivity contribution in [2.24, 2.45) is 10.8 Å². The van der Waals surface area contributed by atoms with Crippen molar-refractivity contribution in [3.63, 3.8) is 0 Å². The number of carbonyl (C=O) groups excluding carboxylic acids is 1. The lowest BCUT2D eigenvalue weighted by Crippen LogP contribution is -2.53. The summed E-state index contributed by atoms with van der Waals surface area (Å²) in [5.41, 5.74) is 14.1. The van der Waals surface area contributed by atoms with Crippen LogP contribution in [0.2, 0.25) is 0 Å². The van der Waals surface area contributed by atoms with E-state index in [0.29, 0.717) is 25.9 Å². The van der Waals surface area contributed by atoms with Crippen LogP contribution < -0.4 is 11.1 Å². The highest BCUT2D eigenvalue weighted by molar-refractivity contribution is 5.84. The Labute approximate surface area is 119 Å². The van der Waals surface area contributed by atoms with Crippen LogP contribution in [0.25, 0.3) is 10.4 Å². The van der Waals surface area contributed by atoms with Crippen molar-refractivity contribution in [1.82, 2.24) is 5.32 Å². The molecule has 0 aromatic heterocycles. The second kappa shape index (κ2) is 8.19. The molecule has 1 unspecified atom stereocenters. The van der Waals surface area contributed by atoms with Gasteiger partial charge in [0.25, 0.3) is 0 Å². The van der Waals surface area contributed by atoms with Crippen molar-refractivity contribution in [1.29, 1.82) is 0 Å². The Morgan fingerprint density at radius 2 is 2.15 bits per heavy atom. The van der Waals surface area contributed by atoms with Gasteiger partial charge in [0.15, 0.2) is 0 Å². The highest BCUT2D eigenvalue weighted by Gasteiger charge is 2.29. The van der Waals surface area contributed by atoms with Crippen LogP contribution >= 0.6 is 0 Å². The number of nitrogens with two attached hydrogens (primary N) is 1. The number of hydrogen-bond acceptors (Lipinski definition) is 3. The zero-order valence-corrected chi connectivity index (χ0v) is 11.7. The molecule has 0 fully saturated rings. The van der Waals surface area contributed by atoms with Crippen LogP contribution in [0.5, 0.6) is 0 Å². The van der Waals surface area contributed by atoms with Crippen LogP contribution in [0.4, 0.5) is 0 Å². The maximum Gasteiger partial charge on any atom is 0.237 e. The van der Waals surface area contributed by atoms with E-state index in [1.807, 2.05) is 37.3 Å². The number of azide groups is 1. The van der Waals surface area contributed by atoms with E-state index in [1.54, 1.807) is 0 Å². The van der Waals surface area contributed by atoms with Gasteiger partial charge in [0.1, 0.15) is 0 Å². The Balaban J connectivity index is 2.49. The van der Waals surface area contributed by atoms with Crippen molar-refractivity contribution in [3.8, 4) is 0 Å². The van der Waals surface area contributed by atoms with Crippen LogP contribution in [0, 0.1) is 0 Å². The summed E-state index contributed by atoms with van der Waals surface area (Å²) in [5.74, 6) is -0.364. The van der Waals surface area contributed by atoms with Gasteiger partial charge in [-0.05, 0) is 43.8 Å². The maximum atomic E-state index is 11.6. The molecule has 6 heteroatoms.